The van der Waals surface area contributed by atoms with E-state index in [2.05, 4.69) is 9.97 Å². The lowest BCUT2D eigenvalue weighted by Crippen LogP contribution is -2.37. The van der Waals surface area contributed by atoms with Gasteiger partial charge < -0.3 is 9.64 Å². The van der Waals surface area contributed by atoms with E-state index in [1.807, 2.05) is 17.5 Å². The molecule has 9 heteroatoms. The number of thiophene rings is 1. The molecule has 0 saturated carbocycles. The molecule has 0 radical (unpaired) electrons. The number of rotatable bonds is 5. The molecule has 0 spiro atoms. The normalized spacial score (nSPS) is 12.3. The molecule has 162 valence electrons. The lowest BCUT2D eigenvalue weighted by Gasteiger charge is -2.31. The van der Waals surface area contributed by atoms with Gasteiger partial charge in [0.05, 0.1) is 16.5 Å². The summed E-state index contributed by atoms with van der Waals surface area (Å²) >= 11 is 13.5. The van der Waals surface area contributed by atoms with Crippen molar-refractivity contribution < 1.29 is 14.3 Å². The predicted octanol–water partition coefficient (Wildman–Crippen LogP) is 6.03. The molecule has 0 fully saturated rings. The van der Waals surface area contributed by atoms with Gasteiger partial charge in [0.1, 0.15) is 17.1 Å². The number of ether oxygens (including phenoxy) is 1. The van der Waals surface area contributed by atoms with E-state index in [4.69, 9.17) is 27.9 Å². The van der Waals surface area contributed by atoms with Crippen molar-refractivity contribution in [2.24, 2.45) is 0 Å². The third-order valence-electron chi connectivity index (χ3n) is 4.30. The molecule has 31 heavy (non-hydrogen) atoms. The summed E-state index contributed by atoms with van der Waals surface area (Å²) in [6.07, 6.45) is 2.18. The Kier molecular flexibility index (Phi) is 6.99. The third kappa shape index (κ3) is 5.61. The lowest BCUT2D eigenvalue weighted by atomic mass is 9.99. The topological polar surface area (TPSA) is 72.4 Å². The average Bonchev–Trinajstić information content (AvgIpc) is 3.16. The number of halogens is 2. The van der Waals surface area contributed by atoms with Gasteiger partial charge in [-0.25, -0.2) is 14.8 Å². The van der Waals surface area contributed by atoms with Crippen LogP contribution in [0.4, 0.5) is 4.79 Å². The Hall–Kier alpha value is -2.48. The number of carbonyl (C=O) groups excluding carboxylic acids is 2. The third-order valence-corrected chi connectivity index (χ3v) is 5.78. The predicted molar refractivity (Wildman–Crippen MR) is 122 cm³/mol. The van der Waals surface area contributed by atoms with Crippen molar-refractivity contribution in [3.05, 3.63) is 80.0 Å². The molecule has 0 aliphatic carbocycles. The second-order valence-corrected chi connectivity index (χ2v) is 9.56. The fourth-order valence-corrected chi connectivity index (χ4v) is 4.23. The van der Waals surface area contributed by atoms with Crippen molar-refractivity contribution in [1.82, 2.24) is 14.9 Å². The van der Waals surface area contributed by atoms with E-state index in [9.17, 15) is 9.59 Å². The molecule has 1 amide bonds. The molecule has 1 unspecified atom stereocenters. The van der Waals surface area contributed by atoms with E-state index in [0.29, 0.717) is 9.90 Å². The van der Waals surface area contributed by atoms with Crippen LogP contribution in [0.2, 0.25) is 10.2 Å². The maximum absolute atomic E-state index is 12.9. The maximum Gasteiger partial charge on any atom is 0.410 e. The van der Waals surface area contributed by atoms with Gasteiger partial charge in [0.15, 0.2) is 0 Å². The minimum atomic E-state index is -0.649. The molecule has 0 N–H and O–H groups in total. The van der Waals surface area contributed by atoms with Crippen molar-refractivity contribution >= 4 is 46.4 Å². The summed E-state index contributed by atoms with van der Waals surface area (Å²) in [5.74, 6) is -0.286. The number of ketones is 1. The molecule has 2 aromatic heterocycles. The number of aromatic nitrogens is 2. The van der Waals surface area contributed by atoms with Crippen LogP contribution in [0.3, 0.4) is 0 Å². The Bertz CT molecular complexity index is 1110. The minimum Gasteiger partial charge on any atom is -0.444 e. The first-order valence-electron chi connectivity index (χ1n) is 9.36. The van der Waals surface area contributed by atoms with E-state index in [1.165, 1.54) is 28.8 Å². The van der Waals surface area contributed by atoms with Crippen molar-refractivity contribution in [3.63, 3.8) is 0 Å². The van der Waals surface area contributed by atoms with Crippen molar-refractivity contribution in [1.29, 1.82) is 0 Å². The van der Waals surface area contributed by atoms with Gasteiger partial charge in [-0.2, -0.15) is 0 Å². The van der Waals surface area contributed by atoms with E-state index in [-0.39, 0.29) is 16.5 Å². The Morgan fingerprint density at radius 1 is 1.16 bits per heavy atom. The molecule has 1 atom stereocenters. The number of nitrogens with zero attached hydrogens (tertiary/aromatic N) is 3. The first-order chi connectivity index (χ1) is 14.6. The number of amides is 1. The second-order valence-electron chi connectivity index (χ2n) is 7.85. The zero-order valence-corrected chi connectivity index (χ0v) is 19.8. The van der Waals surface area contributed by atoms with Crippen molar-refractivity contribution in [3.8, 4) is 0 Å². The molecule has 0 bridgehead atoms. The standard InChI is InChI=1S/C22H21Cl2N3O3S/c1-22(2,3)30-21(29)27(4)18(13-6-5-7-15(23)8-13)14-9-17(31-11-14)19(28)16-10-25-12-26-20(16)24/h5-12,18H,1-4H3. The van der Waals surface area contributed by atoms with Crippen molar-refractivity contribution in [2.75, 3.05) is 7.05 Å². The molecule has 1 aromatic carbocycles. The van der Waals surface area contributed by atoms with Gasteiger partial charge >= 0.3 is 6.09 Å². The van der Waals surface area contributed by atoms with Crippen LogP contribution in [-0.4, -0.2) is 39.4 Å². The quantitative estimate of drug-likeness (QED) is 0.331. The Morgan fingerprint density at radius 2 is 1.90 bits per heavy atom. The summed E-state index contributed by atoms with van der Waals surface area (Å²) in [5.41, 5.74) is 1.11. The maximum atomic E-state index is 12.9. The van der Waals surface area contributed by atoms with Crippen LogP contribution in [-0.2, 0) is 4.74 Å². The van der Waals surface area contributed by atoms with Crippen LogP contribution in [0.15, 0.2) is 48.2 Å². The summed E-state index contributed by atoms with van der Waals surface area (Å²) in [7, 11) is 1.65. The van der Waals surface area contributed by atoms with Gasteiger partial charge in [-0.15, -0.1) is 11.3 Å². The molecule has 0 aliphatic rings. The van der Waals surface area contributed by atoms with Gasteiger partial charge in [-0.3, -0.25) is 4.79 Å². The molecule has 6 nitrogen and oxygen atoms in total. The van der Waals surface area contributed by atoms with E-state index >= 15 is 0 Å². The molecule has 0 aliphatic heterocycles. The highest BCUT2D eigenvalue weighted by molar-refractivity contribution is 7.12. The summed E-state index contributed by atoms with van der Waals surface area (Å²) in [4.78, 5) is 35.4. The first kappa shape index (κ1) is 23.2. The number of benzene rings is 1. The zero-order valence-electron chi connectivity index (χ0n) is 17.4. The number of carbonyl (C=O) groups is 2. The monoisotopic (exact) mass is 477 g/mol. The molecule has 3 aromatic rings. The molecule has 2 heterocycles. The highest BCUT2D eigenvalue weighted by Crippen LogP contribution is 2.34. The summed E-state index contributed by atoms with van der Waals surface area (Å²) in [5, 5.41) is 2.46. The van der Waals surface area contributed by atoms with Gasteiger partial charge in [-0.05, 0) is 55.5 Å². The van der Waals surface area contributed by atoms with Gasteiger partial charge in [0, 0.05) is 18.3 Å². The summed E-state index contributed by atoms with van der Waals surface area (Å²) in [6.45, 7) is 5.42. The average molecular weight is 478 g/mol. The fraction of sp³-hybridized carbons (Fsp3) is 0.273. The van der Waals surface area contributed by atoms with Gasteiger partial charge in [0.2, 0.25) is 5.78 Å². The second kappa shape index (κ2) is 9.34. The summed E-state index contributed by atoms with van der Waals surface area (Å²) < 4.78 is 5.55. The van der Waals surface area contributed by atoms with Crippen LogP contribution in [0, 0.1) is 0 Å². The van der Waals surface area contributed by atoms with Gasteiger partial charge in [-0.1, -0.05) is 35.3 Å². The fourth-order valence-electron chi connectivity index (χ4n) is 2.97. The molecular weight excluding hydrogens is 457 g/mol. The zero-order chi connectivity index (χ0) is 22.8. The van der Waals surface area contributed by atoms with Gasteiger partial charge in [0.25, 0.3) is 0 Å². The van der Waals surface area contributed by atoms with Crippen molar-refractivity contribution in [2.45, 2.75) is 32.4 Å². The number of hydrogen-bond acceptors (Lipinski definition) is 6. The number of hydrogen-bond donors (Lipinski definition) is 0. The SMILES string of the molecule is CN(C(=O)OC(C)(C)C)C(c1cccc(Cl)c1)c1csc(C(=O)c2cncnc2Cl)c1. The van der Waals surface area contributed by atoms with Crippen LogP contribution in [0.1, 0.15) is 53.2 Å². The Balaban J connectivity index is 2.00. The largest absolute Gasteiger partial charge is 0.444 e. The highest BCUT2D eigenvalue weighted by Gasteiger charge is 2.29. The smallest absolute Gasteiger partial charge is 0.410 e. The minimum absolute atomic E-state index is 0.0900. The van der Waals surface area contributed by atoms with Crippen LogP contribution in [0.5, 0.6) is 0 Å². The summed E-state index contributed by atoms with van der Waals surface area (Å²) in [6, 6.07) is 8.46. The molecule has 3 rings (SSSR count). The molecule has 0 saturated heterocycles. The van der Waals surface area contributed by atoms with E-state index in [1.54, 1.807) is 46.0 Å². The van der Waals surface area contributed by atoms with Crippen LogP contribution >= 0.6 is 34.5 Å². The lowest BCUT2D eigenvalue weighted by molar-refractivity contribution is 0.0248. The molecular formula is C22H21Cl2N3O3S. The van der Waals surface area contributed by atoms with Crippen LogP contribution < -0.4 is 0 Å². The van der Waals surface area contributed by atoms with E-state index < -0.39 is 17.7 Å². The van der Waals surface area contributed by atoms with Crippen LogP contribution in [0.25, 0.3) is 0 Å². The first-order valence-corrected chi connectivity index (χ1v) is 11.0. The highest BCUT2D eigenvalue weighted by atomic mass is 35.5. The Morgan fingerprint density at radius 3 is 2.55 bits per heavy atom. The Labute approximate surface area is 194 Å². The van der Waals surface area contributed by atoms with E-state index in [0.717, 1.165) is 11.1 Å².